The number of amides is 1. The van der Waals surface area contributed by atoms with Gasteiger partial charge >= 0.3 is 0 Å². The number of rotatable bonds is 2. The summed E-state index contributed by atoms with van der Waals surface area (Å²) in [6, 6.07) is 6.12. The summed E-state index contributed by atoms with van der Waals surface area (Å²) in [6.07, 6.45) is 2.20. The first-order chi connectivity index (χ1) is 9.31. The Morgan fingerprint density at radius 3 is 3.16 bits per heavy atom. The molecule has 1 N–H and O–H groups in total. The maximum atomic E-state index is 12.0. The Bertz CT molecular complexity index is 658. The van der Waals surface area contributed by atoms with E-state index in [1.54, 1.807) is 0 Å². The van der Waals surface area contributed by atoms with E-state index in [0.717, 1.165) is 42.9 Å². The van der Waals surface area contributed by atoms with Crippen molar-refractivity contribution in [2.45, 2.75) is 32.0 Å². The molecule has 0 unspecified atom stereocenters. The van der Waals surface area contributed by atoms with Crippen LogP contribution in [0.5, 0.6) is 0 Å². The van der Waals surface area contributed by atoms with Crippen LogP contribution >= 0.6 is 0 Å². The Hall–Kier alpha value is -1.88. The third kappa shape index (κ3) is 1.90. The Morgan fingerprint density at radius 2 is 2.32 bits per heavy atom. The van der Waals surface area contributed by atoms with Crippen molar-refractivity contribution in [2.75, 3.05) is 6.61 Å². The van der Waals surface area contributed by atoms with E-state index in [1.807, 2.05) is 18.2 Å². The summed E-state index contributed by atoms with van der Waals surface area (Å²) in [4.78, 5) is 16.6. The molecule has 1 aromatic heterocycles. The average molecular weight is 257 g/mol. The third-order valence-electron chi connectivity index (χ3n) is 3.69. The number of nitrogens with one attached hydrogen (secondary N) is 1. The molecule has 5 nitrogen and oxygen atoms in total. The zero-order valence-electron chi connectivity index (χ0n) is 10.6. The molecule has 19 heavy (non-hydrogen) atoms. The molecule has 1 aromatic carbocycles. The van der Waals surface area contributed by atoms with E-state index >= 15 is 0 Å². The second-order valence-electron chi connectivity index (χ2n) is 5.18. The smallest absolute Gasteiger partial charge is 0.251 e. The molecule has 1 aliphatic carbocycles. The summed E-state index contributed by atoms with van der Waals surface area (Å²) in [7, 11) is 0. The van der Waals surface area contributed by atoms with Crippen molar-refractivity contribution in [3.8, 4) is 0 Å². The Morgan fingerprint density at radius 1 is 1.42 bits per heavy atom. The molecule has 2 aromatic rings. The number of hydrogen-bond donors (Lipinski definition) is 1. The molecule has 2 heterocycles. The van der Waals surface area contributed by atoms with Gasteiger partial charge in [-0.25, -0.2) is 4.98 Å². The lowest BCUT2D eigenvalue weighted by Gasteiger charge is -2.14. The molecule has 4 rings (SSSR count). The van der Waals surface area contributed by atoms with Crippen molar-refractivity contribution < 1.29 is 9.53 Å². The van der Waals surface area contributed by atoms with Gasteiger partial charge < -0.3 is 14.6 Å². The highest BCUT2D eigenvalue weighted by Gasteiger charge is 2.24. The van der Waals surface area contributed by atoms with Crippen LogP contribution in [0.1, 0.15) is 29.0 Å². The number of aromatic nitrogens is 2. The van der Waals surface area contributed by atoms with Gasteiger partial charge in [0.05, 0.1) is 17.6 Å². The van der Waals surface area contributed by atoms with Gasteiger partial charge in [0.2, 0.25) is 0 Å². The van der Waals surface area contributed by atoms with Crippen LogP contribution in [-0.2, 0) is 17.9 Å². The first-order valence-corrected chi connectivity index (χ1v) is 6.69. The zero-order chi connectivity index (χ0) is 12.8. The average Bonchev–Trinajstić information content (AvgIpc) is 3.16. The summed E-state index contributed by atoms with van der Waals surface area (Å²) in [5.74, 6) is 0.952. The Labute approximate surface area is 110 Å². The van der Waals surface area contributed by atoms with E-state index in [1.165, 1.54) is 0 Å². The Balaban J connectivity index is 1.72. The van der Waals surface area contributed by atoms with Gasteiger partial charge in [0, 0.05) is 18.2 Å². The molecule has 0 bridgehead atoms. The number of carbonyl (C=O) groups is 1. The number of benzene rings is 1. The fourth-order valence-corrected chi connectivity index (χ4v) is 2.50. The second-order valence-corrected chi connectivity index (χ2v) is 5.18. The minimum absolute atomic E-state index is 0.00613. The van der Waals surface area contributed by atoms with E-state index < -0.39 is 0 Å². The van der Waals surface area contributed by atoms with E-state index in [2.05, 4.69) is 14.9 Å². The predicted molar refractivity (Wildman–Crippen MR) is 69.9 cm³/mol. The van der Waals surface area contributed by atoms with Gasteiger partial charge in [-0.15, -0.1) is 0 Å². The fourth-order valence-electron chi connectivity index (χ4n) is 2.50. The maximum absolute atomic E-state index is 12.0. The van der Waals surface area contributed by atoms with E-state index in [-0.39, 0.29) is 5.91 Å². The van der Waals surface area contributed by atoms with Gasteiger partial charge in [0.15, 0.2) is 0 Å². The van der Waals surface area contributed by atoms with Crippen molar-refractivity contribution in [1.29, 1.82) is 0 Å². The normalized spacial score (nSPS) is 18.3. The molecule has 1 aliphatic heterocycles. The highest BCUT2D eigenvalue weighted by atomic mass is 16.5. The molecular weight excluding hydrogens is 242 g/mol. The molecule has 0 spiro atoms. The lowest BCUT2D eigenvalue weighted by atomic mass is 10.2. The molecule has 2 aliphatic rings. The van der Waals surface area contributed by atoms with Crippen LogP contribution in [-0.4, -0.2) is 28.1 Å². The van der Waals surface area contributed by atoms with E-state index in [4.69, 9.17) is 4.74 Å². The molecule has 0 atom stereocenters. The molecule has 1 amide bonds. The van der Waals surface area contributed by atoms with Gasteiger partial charge in [-0.3, -0.25) is 4.79 Å². The Kier molecular flexibility index (Phi) is 2.35. The molecule has 5 heteroatoms. The van der Waals surface area contributed by atoms with Crippen LogP contribution in [0.2, 0.25) is 0 Å². The number of ether oxygens (including phenoxy) is 1. The van der Waals surface area contributed by atoms with Gasteiger partial charge in [-0.05, 0) is 31.0 Å². The van der Waals surface area contributed by atoms with Gasteiger partial charge in [0.25, 0.3) is 5.91 Å². The lowest BCUT2D eigenvalue weighted by molar-refractivity contribution is 0.0830. The first kappa shape index (κ1) is 11.0. The van der Waals surface area contributed by atoms with E-state index in [0.29, 0.717) is 18.2 Å². The number of hydrogen-bond acceptors (Lipinski definition) is 3. The maximum Gasteiger partial charge on any atom is 0.251 e. The van der Waals surface area contributed by atoms with Crippen molar-refractivity contribution in [3.05, 3.63) is 29.6 Å². The first-order valence-electron chi connectivity index (χ1n) is 6.69. The van der Waals surface area contributed by atoms with Crippen LogP contribution in [0.15, 0.2) is 18.2 Å². The van der Waals surface area contributed by atoms with Crippen molar-refractivity contribution >= 4 is 16.9 Å². The number of nitrogens with zero attached hydrogens (tertiary/aromatic N) is 2. The SMILES string of the molecule is O=C(NC1CC1)c1ccc2c(c1)nc1n2CCOC1. The van der Waals surface area contributed by atoms with Gasteiger partial charge in [-0.1, -0.05) is 0 Å². The monoisotopic (exact) mass is 257 g/mol. The van der Waals surface area contributed by atoms with Crippen LogP contribution < -0.4 is 5.32 Å². The fraction of sp³-hybridized carbons (Fsp3) is 0.429. The zero-order valence-corrected chi connectivity index (χ0v) is 10.6. The number of carbonyl (C=O) groups excluding carboxylic acids is 1. The summed E-state index contributed by atoms with van der Waals surface area (Å²) in [6.45, 7) is 2.11. The van der Waals surface area contributed by atoms with Crippen molar-refractivity contribution in [1.82, 2.24) is 14.9 Å². The van der Waals surface area contributed by atoms with Gasteiger partial charge in [0.1, 0.15) is 12.4 Å². The van der Waals surface area contributed by atoms with E-state index in [9.17, 15) is 4.79 Å². The largest absolute Gasteiger partial charge is 0.372 e. The number of imidazole rings is 1. The minimum atomic E-state index is 0.00613. The molecule has 0 saturated heterocycles. The second kappa shape index (κ2) is 4.06. The van der Waals surface area contributed by atoms with Crippen molar-refractivity contribution in [3.63, 3.8) is 0 Å². The summed E-state index contributed by atoms with van der Waals surface area (Å²) < 4.78 is 7.57. The molecule has 98 valence electrons. The number of fused-ring (bicyclic) bond motifs is 3. The summed E-state index contributed by atoms with van der Waals surface area (Å²) in [5, 5.41) is 3.00. The quantitative estimate of drug-likeness (QED) is 0.886. The van der Waals surface area contributed by atoms with Gasteiger partial charge in [-0.2, -0.15) is 0 Å². The van der Waals surface area contributed by atoms with Crippen LogP contribution in [0.25, 0.3) is 11.0 Å². The third-order valence-corrected chi connectivity index (χ3v) is 3.69. The van der Waals surface area contributed by atoms with Crippen LogP contribution in [0, 0.1) is 0 Å². The molecule has 1 fully saturated rings. The van der Waals surface area contributed by atoms with Crippen LogP contribution in [0.3, 0.4) is 0 Å². The topological polar surface area (TPSA) is 56.2 Å². The highest BCUT2D eigenvalue weighted by molar-refractivity contribution is 5.97. The predicted octanol–water partition coefficient (Wildman–Crippen LogP) is 1.46. The minimum Gasteiger partial charge on any atom is -0.372 e. The molecule has 1 saturated carbocycles. The lowest BCUT2D eigenvalue weighted by Crippen LogP contribution is -2.25. The molecular formula is C14H15N3O2. The summed E-state index contributed by atoms with van der Waals surface area (Å²) in [5.41, 5.74) is 2.65. The highest BCUT2D eigenvalue weighted by Crippen LogP contribution is 2.22. The van der Waals surface area contributed by atoms with Crippen LogP contribution in [0.4, 0.5) is 0 Å². The molecule has 0 radical (unpaired) electrons. The van der Waals surface area contributed by atoms with Crippen molar-refractivity contribution in [2.24, 2.45) is 0 Å². The standard InChI is InChI=1S/C14H15N3O2/c18-14(15-10-2-3-10)9-1-4-12-11(7-9)16-13-8-19-6-5-17(12)13/h1,4,7,10H,2-3,5-6,8H2,(H,15,18). The summed E-state index contributed by atoms with van der Waals surface area (Å²) >= 11 is 0.